The van der Waals surface area contributed by atoms with Crippen LogP contribution in [0, 0.1) is 0 Å². The molecular formula is C12H16N4O2. The Hall–Kier alpha value is -2.11. The third kappa shape index (κ3) is 1.90. The molecule has 0 aromatic carbocycles. The number of nitrogens with one attached hydrogen (secondary N) is 1. The molecule has 0 saturated heterocycles. The summed E-state index contributed by atoms with van der Waals surface area (Å²) in [6, 6.07) is 0. The Morgan fingerprint density at radius 2 is 2.00 bits per heavy atom. The molecule has 6 nitrogen and oxygen atoms in total. The van der Waals surface area contributed by atoms with Crippen molar-refractivity contribution >= 4 is 11.2 Å². The molecule has 0 aliphatic carbocycles. The van der Waals surface area contributed by atoms with Crippen LogP contribution in [0.5, 0.6) is 0 Å². The number of nitrogens with zero attached hydrogens (tertiary/aromatic N) is 3. The van der Waals surface area contributed by atoms with Crippen molar-refractivity contribution in [3.8, 4) is 0 Å². The highest BCUT2D eigenvalue weighted by Gasteiger charge is 2.12. The van der Waals surface area contributed by atoms with Crippen molar-refractivity contribution < 1.29 is 0 Å². The van der Waals surface area contributed by atoms with Gasteiger partial charge in [0.1, 0.15) is 11.3 Å². The first-order valence-electron chi connectivity index (χ1n) is 5.82. The number of aromatic nitrogens is 4. The minimum Gasteiger partial charge on any atom is -0.336 e. The summed E-state index contributed by atoms with van der Waals surface area (Å²) in [6.45, 7) is 1.96. The molecule has 0 amide bonds. The van der Waals surface area contributed by atoms with Crippen molar-refractivity contribution in [1.29, 1.82) is 0 Å². The van der Waals surface area contributed by atoms with Gasteiger partial charge in [-0.15, -0.1) is 0 Å². The first-order valence-corrected chi connectivity index (χ1v) is 5.82. The quantitative estimate of drug-likeness (QED) is 0.802. The van der Waals surface area contributed by atoms with E-state index < -0.39 is 0 Å². The Morgan fingerprint density at radius 3 is 2.67 bits per heavy atom. The summed E-state index contributed by atoms with van der Waals surface area (Å²) < 4.78 is 2.46. The molecule has 0 aliphatic heterocycles. The maximum atomic E-state index is 11.9. The number of rotatable bonds is 3. The van der Waals surface area contributed by atoms with E-state index in [1.807, 2.05) is 19.1 Å². The maximum absolute atomic E-state index is 11.9. The molecule has 2 rings (SSSR count). The van der Waals surface area contributed by atoms with Gasteiger partial charge in [0.2, 0.25) is 0 Å². The van der Waals surface area contributed by atoms with E-state index in [0.29, 0.717) is 11.2 Å². The maximum Gasteiger partial charge on any atom is 0.332 e. The molecule has 0 radical (unpaired) electrons. The fourth-order valence-electron chi connectivity index (χ4n) is 1.88. The van der Waals surface area contributed by atoms with Crippen LogP contribution in [0.3, 0.4) is 0 Å². The summed E-state index contributed by atoms with van der Waals surface area (Å²) in [6.07, 6.45) is 5.57. The van der Waals surface area contributed by atoms with E-state index in [1.54, 1.807) is 7.05 Å². The normalized spacial score (nSPS) is 11.7. The van der Waals surface area contributed by atoms with E-state index in [2.05, 4.69) is 9.97 Å². The predicted octanol–water partition coefficient (Wildman–Crippen LogP) is 0.469. The lowest BCUT2D eigenvalue weighted by Gasteiger charge is -2.00. The van der Waals surface area contributed by atoms with Gasteiger partial charge in [-0.3, -0.25) is 13.9 Å². The number of aryl methyl sites for hydroxylation is 2. The molecule has 2 heterocycles. The summed E-state index contributed by atoms with van der Waals surface area (Å²) in [7, 11) is 3.07. The van der Waals surface area contributed by atoms with Gasteiger partial charge in [-0.1, -0.05) is 12.2 Å². The third-order valence-corrected chi connectivity index (χ3v) is 2.93. The monoisotopic (exact) mass is 248 g/mol. The minimum atomic E-state index is -0.362. The molecule has 0 atom stereocenters. The largest absolute Gasteiger partial charge is 0.336 e. The summed E-state index contributed by atoms with van der Waals surface area (Å²) in [5, 5.41) is 0. The fraction of sp³-hybridized carbons (Fsp3) is 0.417. The third-order valence-electron chi connectivity index (χ3n) is 2.93. The average Bonchev–Trinajstić information content (AvgIpc) is 2.78. The molecule has 0 bridgehead atoms. The molecule has 96 valence electrons. The van der Waals surface area contributed by atoms with Gasteiger partial charge in [0.15, 0.2) is 5.65 Å². The molecular weight excluding hydrogens is 232 g/mol. The summed E-state index contributed by atoms with van der Waals surface area (Å²) >= 11 is 0. The molecule has 2 aromatic rings. The average molecular weight is 248 g/mol. The van der Waals surface area contributed by atoms with Crippen molar-refractivity contribution in [3.63, 3.8) is 0 Å². The van der Waals surface area contributed by atoms with Crippen LogP contribution < -0.4 is 11.2 Å². The molecule has 0 aliphatic rings. The highest BCUT2D eigenvalue weighted by molar-refractivity contribution is 5.69. The topological polar surface area (TPSA) is 72.7 Å². The zero-order chi connectivity index (χ0) is 13.3. The smallest absolute Gasteiger partial charge is 0.332 e. The Kier molecular flexibility index (Phi) is 3.18. The van der Waals surface area contributed by atoms with Crippen molar-refractivity contribution in [2.45, 2.75) is 19.8 Å². The highest BCUT2D eigenvalue weighted by atomic mass is 16.2. The Labute approximate surface area is 104 Å². The Balaban J connectivity index is 2.58. The van der Waals surface area contributed by atoms with Gasteiger partial charge in [-0.25, -0.2) is 9.78 Å². The highest BCUT2D eigenvalue weighted by Crippen LogP contribution is 2.06. The van der Waals surface area contributed by atoms with E-state index in [4.69, 9.17) is 0 Å². The summed E-state index contributed by atoms with van der Waals surface area (Å²) in [4.78, 5) is 30.9. The van der Waals surface area contributed by atoms with E-state index in [-0.39, 0.29) is 11.2 Å². The van der Waals surface area contributed by atoms with Gasteiger partial charge in [-0.2, -0.15) is 0 Å². The first-order chi connectivity index (χ1) is 8.56. The lowest BCUT2D eigenvalue weighted by atomic mass is 10.3. The first kappa shape index (κ1) is 12.3. The van der Waals surface area contributed by atoms with Gasteiger partial charge in [-0.05, 0) is 13.3 Å². The van der Waals surface area contributed by atoms with Crippen LogP contribution in [0.15, 0.2) is 21.7 Å². The van der Waals surface area contributed by atoms with Gasteiger partial charge >= 0.3 is 5.69 Å². The van der Waals surface area contributed by atoms with Crippen LogP contribution in [-0.4, -0.2) is 19.1 Å². The van der Waals surface area contributed by atoms with E-state index in [1.165, 1.54) is 11.6 Å². The molecule has 0 fully saturated rings. The zero-order valence-electron chi connectivity index (χ0n) is 10.7. The summed E-state index contributed by atoms with van der Waals surface area (Å²) in [5.74, 6) is 0.724. The zero-order valence-corrected chi connectivity index (χ0v) is 10.7. The second kappa shape index (κ2) is 4.64. The Morgan fingerprint density at radius 1 is 1.28 bits per heavy atom. The van der Waals surface area contributed by atoms with E-state index >= 15 is 0 Å². The second-order valence-corrected chi connectivity index (χ2v) is 4.20. The van der Waals surface area contributed by atoms with Crippen molar-refractivity contribution in [2.75, 3.05) is 0 Å². The summed E-state index contributed by atoms with van der Waals surface area (Å²) in [5.41, 5.74) is 0.102. The number of hydrogen-bond acceptors (Lipinski definition) is 3. The van der Waals surface area contributed by atoms with Crippen molar-refractivity contribution in [1.82, 2.24) is 19.1 Å². The number of hydrogen-bond donors (Lipinski definition) is 1. The van der Waals surface area contributed by atoms with E-state index in [9.17, 15) is 9.59 Å². The van der Waals surface area contributed by atoms with Gasteiger partial charge in [0.25, 0.3) is 5.56 Å². The Bertz CT molecular complexity index is 718. The lowest BCUT2D eigenvalue weighted by Crippen LogP contribution is -2.36. The van der Waals surface area contributed by atoms with Crippen LogP contribution in [-0.2, 0) is 20.5 Å². The molecule has 0 saturated carbocycles. The minimum absolute atomic E-state index is 0.335. The SMILES string of the molecule is C/C=C/CCc1nc2c([nH]1)c(=O)n(C)c(=O)n2C. The number of allylic oxidation sites excluding steroid dienone is 2. The fourth-order valence-corrected chi connectivity index (χ4v) is 1.88. The van der Waals surface area contributed by atoms with Crippen molar-refractivity contribution in [2.24, 2.45) is 14.1 Å². The van der Waals surface area contributed by atoms with Crippen LogP contribution in [0.2, 0.25) is 0 Å². The van der Waals surface area contributed by atoms with Crippen LogP contribution >= 0.6 is 0 Å². The van der Waals surface area contributed by atoms with Gasteiger partial charge in [0.05, 0.1) is 0 Å². The second-order valence-electron chi connectivity index (χ2n) is 4.20. The molecule has 2 aromatic heterocycles. The van der Waals surface area contributed by atoms with Crippen LogP contribution in [0.25, 0.3) is 11.2 Å². The van der Waals surface area contributed by atoms with Gasteiger partial charge in [0, 0.05) is 20.5 Å². The number of H-pyrrole nitrogens is 1. The van der Waals surface area contributed by atoms with E-state index in [0.717, 1.165) is 23.2 Å². The predicted molar refractivity (Wildman–Crippen MR) is 69.7 cm³/mol. The molecule has 0 unspecified atom stereocenters. The standard InChI is InChI=1S/C12H16N4O2/c1-4-5-6-7-8-13-9-10(14-8)15(2)12(18)16(3)11(9)17/h4-5H,6-7H2,1-3H3,(H,13,14)/b5-4+. The van der Waals surface area contributed by atoms with Crippen molar-refractivity contribution in [3.05, 3.63) is 38.8 Å². The number of fused-ring (bicyclic) bond motifs is 1. The lowest BCUT2D eigenvalue weighted by molar-refractivity contribution is 0.708. The van der Waals surface area contributed by atoms with Gasteiger partial charge < -0.3 is 4.98 Å². The number of aromatic amines is 1. The number of imidazole rings is 1. The molecule has 0 spiro atoms. The molecule has 6 heteroatoms. The van der Waals surface area contributed by atoms with Crippen LogP contribution in [0.1, 0.15) is 19.2 Å². The van der Waals surface area contributed by atoms with Crippen LogP contribution in [0.4, 0.5) is 0 Å². The molecule has 18 heavy (non-hydrogen) atoms. The molecule has 1 N–H and O–H groups in total.